The zero-order valence-electron chi connectivity index (χ0n) is 13.9. The molecule has 128 valence electrons. The summed E-state index contributed by atoms with van der Waals surface area (Å²) in [6, 6.07) is 7.30. The number of nitrogens with zero attached hydrogens (tertiary/aromatic N) is 1. The molecule has 5 heteroatoms. The third-order valence-electron chi connectivity index (χ3n) is 4.85. The van der Waals surface area contributed by atoms with Crippen molar-refractivity contribution in [1.29, 1.82) is 0 Å². The van der Waals surface area contributed by atoms with Crippen molar-refractivity contribution >= 4 is 0 Å². The van der Waals surface area contributed by atoms with Crippen molar-refractivity contribution < 1.29 is 13.9 Å². The number of nitrogens with one attached hydrogen (secondary N) is 1. The summed E-state index contributed by atoms with van der Waals surface area (Å²) in [5, 5.41) is 3.64. The van der Waals surface area contributed by atoms with Crippen LogP contribution in [0.3, 0.4) is 0 Å². The second-order valence-electron chi connectivity index (χ2n) is 6.70. The summed E-state index contributed by atoms with van der Waals surface area (Å²) >= 11 is 0. The summed E-state index contributed by atoms with van der Waals surface area (Å²) in [5.41, 5.74) is 1.14. The molecule has 0 aromatic heterocycles. The van der Waals surface area contributed by atoms with Crippen LogP contribution in [0.15, 0.2) is 24.3 Å². The van der Waals surface area contributed by atoms with Crippen LogP contribution in [0.25, 0.3) is 0 Å². The van der Waals surface area contributed by atoms with Crippen molar-refractivity contribution in [3.05, 3.63) is 35.6 Å². The lowest BCUT2D eigenvalue weighted by Gasteiger charge is -2.35. The van der Waals surface area contributed by atoms with Crippen molar-refractivity contribution in [3.63, 3.8) is 0 Å². The third-order valence-corrected chi connectivity index (χ3v) is 4.85. The fraction of sp³-hybridized carbons (Fsp3) is 0.667. The Kier molecular flexibility index (Phi) is 5.64. The molecule has 3 rings (SSSR count). The molecule has 0 amide bonds. The minimum absolute atomic E-state index is 0.177. The van der Waals surface area contributed by atoms with Gasteiger partial charge < -0.3 is 19.7 Å². The maximum absolute atomic E-state index is 12.9. The fourth-order valence-electron chi connectivity index (χ4n) is 3.49. The van der Waals surface area contributed by atoms with Crippen LogP contribution < -0.4 is 5.32 Å². The molecule has 0 atom stereocenters. The van der Waals surface area contributed by atoms with Gasteiger partial charge >= 0.3 is 0 Å². The third kappa shape index (κ3) is 4.73. The topological polar surface area (TPSA) is 33.7 Å². The van der Waals surface area contributed by atoms with Crippen molar-refractivity contribution in [3.8, 4) is 0 Å². The maximum atomic E-state index is 12.9. The quantitative estimate of drug-likeness (QED) is 0.873. The van der Waals surface area contributed by atoms with Crippen LogP contribution in [0.5, 0.6) is 0 Å². The van der Waals surface area contributed by atoms with Crippen LogP contribution in [0.1, 0.15) is 31.2 Å². The number of likely N-dealkylation sites (N-methyl/N-ethyl adjacent to an activating group) is 1. The highest BCUT2D eigenvalue weighted by atomic mass is 19.1. The predicted octanol–water partition coefficient (Wildman–Crippen LogP) is 2.53. The van der Waals surface area contributed by atoms with E-state index < -0.39 is 0 Å². The monoisotopic (exact) mass is 322 g/mol. The number of rotatable bonds is 6. The van der Waals surface area contributed by atoms with E-state index in [1.54, 1.807) is 0 Å². The van der Waals surface area contributed by atoms with E-state index in [0.29, 0.717) is 6.04 Å². The van der Waals surface area contributed by atoms with Crippen LogP contribution in [0.4, 0.5) is 4.39 Å². The lowest BCUT2D eigenvalue weighted by atomic mass is 9.90. The molecule has 0 unspecified atom stereocenters. The van der Waals surface area contributed by atoms with Crippen LogP contribution in [0.2, 0.25) is 0 Å². The van der Waals surface area contributed by atoms with Gasteiger partial charge in [-0.2, -0.15) is 0 Å². The molecule has 2 aliphatic rings. The van der Waals surface area contributed by atoms with Crippen molar-refractivity contribution in [2.24, 2.45) is 0 Å². The second kappa shape index (κ2) is 7.71. The SMILES string of the molecule is CN(CCNC1CCC2(CC1)OCCO2)Cc1ccc(F)cc1. The molecule has 0 bridgehead atoms. The molecule has 1 saturated carbocycles. The molecule has 1 aromatic carbocycles. The van der Waals surface area contributed by atoms with Gasteiger partial charge in [-0.3, -0.25) is 0 Å². The van der Waals surface area contributed by atoms with E-state index in [1.165, 1.54) is 12.1 Å². The summed E-state index contributed by atoms with van der Waals surface area (Å²) in [6.45, 7) is 4.28. The Bertz CT molecular complexity index is 478. The largest absolute Gasteiger partial charge is 0.348 e. The molecule has 2 fully saturated rings. The molecule has 1 heterocycles. The van der Waals surface area contributed by atoms with Gasteiger partial charge in [0, 0.05) is 38.5 Å². The van der Waals surface area contributed by atoms with Crippen LogP contribution in [0, 0.1) is 5.82 Å². The number of ether oxygens (including phenoxy) is 2. The van der Waals surface area contributed by atoms with Crippen molar-refractivity contribution in [1.82, 2.24) is 10.2 Å². The van der Waals surface area contributed by atoms with Gasteiger partial charge in [-0.15, -0.1) is 0 Å². The van der Waals surface area contributed by atoms with E-state index >= 15 is 0 Å². The molecule has 1 aromatic rings. The van der Waals surface area contributed by atoms with Gasteiger partial charge in [0.15, 0.2) is 5.79 Å². The summed E-state index contributed by atoms with van der Waals surface area (Å²) in [5.74, 6) is -0.444. The van der Waals surface area contributed by atoms with E-state index in [1.807, 2.05) is 12.1 Å². The first-order chi connectivity index (χ1) is 11.2. The Morgan fingerprint density at radius 3 is 2.48 bits per heavy atom. The standard InChI is InChI=1S/C18H27FN2O2/c1-21(14-15-2-4-16(19)5-3-15)11-10-20-17-6-8-18(9-7-17)22-12-13-23-18/h2-5,17,20H,6-14H2,1H3. The molecule has 1 N–H and O–H groups in total. The maximum Gasteiger partial charge on any atom is 0.168 e. The van der Waals surface area contributed by atoms with Gasteiger partial charge in [-0.1, -0.05) is 12.1 Å². The average molecular weight is 322 g/mol. The molecular formula is C18H27FN2O2. The molecule has 4 nitrogen and oxygen atoms in total. The minimum atomic E-state index is -0.266. The Hall–Kier alpha value is -1.01. The smallest absolute Gasteiger partial charge is 0.168 e. The Labute approximate surface area is 138 Å². The van der Waals surface area contributed by atoms with Crippen LogP contribution in [-0.4, -0.2) is 50.1 Å². The highest BCUT2D eigenvalue weighted by Gasteiger charge is 2.40. The van der Waals surface area contributed by atoms with E-state index in [2.05, 4.69) is 17.3 Å². The van der Waals surface area contributed by atoms with Gasteiger partial charge in [0.25, 0.3) is 0 Å². The Balaban J connectivity index is 1.32. The summed E-state index contributed by atoms with van der Waals surface area (Å²) in [6.07, 6.45) is 4.22. The van der Waals surface area contributed by atoms with E-state index in [4.69, 9.17) is 9.47 Å². The van der Waals surface area contributed by atoms with E-state index in [-0.39, 0.29) is 11.6 Å². The molecule has 0 radical (unpaired) electrons. The number of hydrogen-bond donors (Lipinski definition) is 1. The average Bonchev–Trinajstić information content (AvgIpc) is 3.00. The van der Waals surface area contributed by atoms with E-state index in [9.17, 15) is 4.39 Å². The summed E-state index contributed by atoms with van der Waals surface area (Å²) in [7, 11) is 2.10. The van der Waals surface area contributed by atoms with Crippen LogP contribution >= 0.6 is 0 Å². The first kappa shape index (κ1) is 16.8. The molecule has 1 aliphatic heterocycles. The Morgan fingerprint density at radius 1 is 1.17 bits per heavy atom. The predicted molar refractivity (Wildman–Crippen MR) is 87.6 cm³/mol. The van der Waals surface area contributed by atoms with Gasteiger partial charge in [0.05, 0.1) is 13.2 Å². The zero-order valence-corrected chi connectivity index (χ0v) is 13.9. The first-order valence-electron chi connectivity index (χ1n) is 8.60. The normalized spacial score (nSPS) is 21.3. The lowest BCUT2D eigenvalue weighted by molar-refractivity contribution is -0.179. The van der Waals surface area contributed by atoms with E-state index in [0.717, 1.165) is 64.1 Å². The number of halogens is 1. The Morgan fingerprint density at radius 2 is 1.83 bits per heavy atom. The summed E-state index contributed by atoms with van der Waals surface area (Å²) < 4.78 is 24.4. The van der Waals surface area contributed by atoms with Gasteiger partial charge in [0.1, 0.15) is 5.82 Å². The van der Waals surface area contributed by atoms with Gasteiger partial charge in [-0.05, 0) is 37.6 Å². The highest BCUT2D eigenvalue weighted by Crippen LogP contribution is 2.35. The zero-order chi connectivity index (χ0) is 16.1. The van der Waals surface area contributed by atoms with Crippen molar-refractivity contribution in [2.45, 2.75) is 44.1 Å². The van der Waals surface area contributed by atoms with Crippen LogP contribution in [-0.2, 0) is 16.0 Å². The van der Waals surface area contributed by atoms with Crippen molar-refractivity contribution in [2.75, 3.05) is 33.4 Å². The lowest BCUT2D eigenvalue weighted by Crippen LogP contribution is -2.43. The molecule has 23 heavy (non-hydrogen) atoms. The highest BCUT2D eigenvalue weighted by molar-refractivity contribution is 5.15. The first-order valence-corrected chi connectivity index (χ1v) is 8.60. The minimum Gasteiger partial charge on any atom is -0.348 e. The second-order valence-corrected chi connectivity index (χ2v) is 6.70. The molecule has 1 spiro atoms. The van der Waals surface area contributed by atoms with Gasteiger partial charge in [0.2, 0.25) is 0 Å². The number of benzene rings is 1. The van der Waals surface area contributed by atoms with Gasteiger partial charge in [-0.25, -0.2) is 4.39 Å². The molecule has 1 aliphatic carbocycles. The summed E-state index contributed by atoms with van der Waals surface area (Å²) in [4.78, 5) is 2.26. The fourth-order valence-corrected chi connectivity index (χ4v) is 3.49. The molecular weight excluding hydrogens is 295 g/mol. The molecule has 1 saturated heterocycles. The number of hydrogen-bond acceptors (Lipinski definition) is 4.